The monoisotopic (exact) mass is 409 g/mol. The molecule has 1 aromatic heterocycles. The summed E-state index contributed by atoms with van der Waals surface area (Å²) in [5.41, 5.74) is 1.35. The molecule has 1 heterocycles. The van der Waals surface area contributed by atoms with Crippen LogP contribution >= 0.6 is 0 Å². The number of alkyl halides is 3. The van der Waals surface area contributed by atoms with Crippen LogP contribution in [0.25, 0.3) is 11.1 Å². The minimum atomic E-state index is -4.91. The van der Waals surface area contributed by atoms with Crippen LogP contribution in [0, 0.1) is 0 Å². The van der Waals surface area contributed by atoms with Crippen molar-refractivity contribution >= 4 is 5.97 Å². The number of carboxylic acids is 1. The Morgan fingerprint density at radius 3 is 2.47 bits per heavy atom. The third-order valence-corrected chi connectivity index (χ3v) is 4.20. The summed E-state index contributed by atoms with van der Waals surface area (Å²) in [5, 5.41) is 11.3. The third-order valence-electron chi connectivity index (χ3n) is 4.20. The van der Waals surface area contributed by atoms with Crippen LogP contribution in [0.2, 0.25) is 0 Å². The Balaban J connectivity index is 0.00000320. The number of hydrogen-bond donors (Lipinski definition) is 0. The van der Waals surface area contributed by atoms with Gasteiger partial charge in [-0.1, -0.05) is 24.3 Å². The number of pyridine rings is 1. The zero-order valence-electron chi connectivity index (χ0n) is 16.2. The molecule has 0 atom stereocenters. The van der Waals surface area contributed by atoms with E-state index in [-0.39, 0.29) is 42.0 Å². The number of benzene rings is 2. The van der Waals surface area contributed by atoms with Crippen LogP contribution in [-0.4, -0.2) is 24.4 Å². The van der Waals surface area contributed by atoms with Gasteiger partial charge in [-0.25, -0.2) is 0 Å². The molecule has 0 radical (unpaired) electrons. The first kappa shape index (κ1) is 23.3. The van der Waals surface area contributed by atoms with Gasteiger partial charge in [0.1, 0.15) is 11.5 Å². The summed E-state index contributed by atoms with van der Waals surface area (Å²) in [7, 11) is 1.49. The molecule has 30 heavy (non-hydrogen) atoms. The van der Waals surface area contributed by atoms with Crippen molar-refractivity contribution in [2.24, 2.45) is 0 Å². The maximum atomic E-state index is 13.0. The van der Waals surface area contributed by atoms with Gasteiger partial charge in [-0.05, 0) is 46.5 Å². The van der Waals surface area contributed by atoms with E-state index in [9.17, 15) is 23.1 Å². The predicted molar refractivity (Wildman–Crippen MR) is 96.5 cm³/mol. The number of ether oxygens (including phenoxy) is 2. The number of hydrogen-bond acceptors (Lipinski definition) is 5. The number of carbonyl (C=O) groups is 1. The van der Waals surface area contributed by atoms with Gasteiger partial charge in [-0.2, -0.15) is 0 Å². The van der Waals surface area contributed by atoms with Crippen molar-refractivity contribution in [2.45, 2.75) is 12.8 Å². The molecule has 150 valence electrons. The number of nitrogens with zero attached hydrogens (tertiary/aromatic N) is 1. The number of rotatable bonds is 6. The quantitative estimate of drug-likeness (QED) is 0.558. The molecule has 0 fully saturated rings. The van der Waals surface area contributed by atoms with Crippen molar-refractivity contribution in [3.8, 4) is 22.6 Å². The molecule has 0 spiro atoms. The fourth-order valence-corrected chi connectivity index (χ4v) is 2.87. The van der Waals surface area contributed by atoms with Gasteiger partial charge in [-0.3, -0.25) is 4.98 Å². The Kier molecular flexibility index (Phi) is 7.54. The fraction of sp³-hybridized carbons (Fsp3) is 0.143. The summed E-state index contributed by atoms with van der Waals surface area (Å²) >= 11 is 0. The topological polar surface area (TPSA) is 71.5 Å². The smallest absolute Gasteiger partial charge is 0.545 e. The van der Waals surface area contributed by atoms with Gasteiger partial charge in [0.2, 0.25) is 0 Å². The van der Waals surface area contributed by atoms with Gasteiger partial charge in [0.15, 0.2) is 0 Å². The van der Waals surface area contributed by atoms with E-state index in [0.717, 1.165) is 0 Å². The van der Waals surface area contributed by atoms with Gasteiger partial charge in [0.05, 0.1) is 13.1 Å². The zero-order valence-corrected chi connectivity index (χ0v) is 16.2. The van der Waals surface area contributed by atoms with Crippen molar-refractivity contribution < 1.29 is 51.4 Å². The minimum absolute atomic E-state index is 0. The van der Waals surface area contributed by atoms with Crippen molar-refractivity contribution in [2.75, 3.05) is 7.11 Å². The number of aromatic nitrogens is 1. The molecule has 0 aliphatic carbocycles. The molecule has 0 saturated heterocycles. The number of methoxy groups -OCH3 is 1. The van der Waals surface area contributed by atoms with Crippen LogP contribution < -0.4 is 33.4 Å². The van der Waals surface area contributed by atoms with Crippen LogP contribution in [0.15, 0.2) is 60.9 Å². The summed E-state index contributed by atoms with van der Waals surface area (Å²) < 4.78 is 48.2. The van der Waals surface area contributed by atoms with Crippen LogP contribution in [0.3, 0.4) is 0 Å². The van der Waals surface area contributed by atoms with Crippen molar-refractivity contribution in [1.82, 2.24) is 4.98 Å². The van der Waals surface area contributed by atoms with Gasteiger partial charge in [0, 0.05) is 24.4 Å². The molecule has 0 bridgehead atoms. The first-order valence-corrected chi connectivity index (χ1v) is 8.44. The van der Waals surface area contributed by atoms with Gasteiger partial charge >= 0.3 is 25.2 Å². The van der Waals surface area contributed by atoms with Crippen molar-refractivity contribution in [3.05, 3.63) is 77.6 Å². The Bertz CT molecular complexity index is 1040. The molecule has 0 N–H and O–H groups in total. The fourth-order valence-electron chi connectivity index (χ4n) is 2.87. The average molecular weight is 409 g/mol. The Morgan fingerprint density at radius 2 is 1.80 bits per heavy atom. The summed E-state index contributed by atoms with van der Waals surface area (Å²) in [6.07, 6.45) is -2.49. The SMILES string of the molecule is COc1cccc(-c2ccc(Cc3cnccc3C(=O)[O-])c(OC(F)(F)F)c2)c1.[Li+]. The van der Waals surface area contributed by atoms with E-state index in [0.29, 0.717) is 16.9 Å². The van der Waals surface area contributed by atoms with Crippen LogP contribution in [0.4, 0.5) is 13.2 Å². The molecule has 3 aromatic rings. The van der Waals surface area contributed by atoms with E-state index in [1.165, 1.54) is 37.7 Å². The minimum Gasteiger partial charge on any atom is -0.545 e. The van der Waals surface area contributed by atoms with Crippen LogP contribution in [-0.2, 0) is 6.42 Å². The van der Waals surface area contributed by atoms with Crippen molar-refractivity contribution in [3.63, 3.8) is 0 Å². The molecular weight excluding hydrogens is 394 g/mol. The maximum Gasteiger partial charge on any atom is 1.00 e. The molecule has 3 rings (SSSR count). The second-order valence-electron chi connectivity index (χ2n) is 6.10. The molecule has 5 nitrogen and oxygen atoms in total. The molecule has 9 heteroatoms. The molecule has 0 saturated carbocycles. The van der Waals surface area contributed by atoms with E-state index in [1.54, 1.807) is 30.3 Å². The van der Waals surface area contributed by atoms with E-state index >= 15 is 0 Å². The normalized spacial score (nSPS) is 10.8. The Hall–Kier alpha value is -2.95. The Labute approximate surface area is 182 Å². The summed E-state index contributed by atoms with van der Waals surface area (Å²) in [6.45, 7) is 0. The van der Waals surface area contributed by atoms with Crippen LogP contribution in [0.5, 0.6) is 11.5 Å². The second kappa shape index (κ2) is 9.70. The van der Waals surface area contributed by atoms with Gasteiger partial charge in [-0.15, -0.1) is 13.2 Å². The molecule has 0 unspecified atom stereocenters. The molecule has 0 aliphatic heterocycles. The van der Waals surface area contributed by atoms with E-state index in [2.05, 4.69) is 9.72 Å². The largest absolute Gasteiger partial charge is 1.00 e. The molecule has 0 aliphatic rings. The maximum absolute atomic E-state index is 13.0. The number of carboxylic acid groups (broad SMARTS) is 1. The Morgan fingerprint density at radius 1 is 1.07 bits per heavy atom. The summed E-state index contributed by atoms with van der Waals surface area (Å²) in [4.78, 5) is 15.1. The van der Waals surface area contributed by atoms with E-state index < -0.39 is 18.1 Å². The third kappa shape index (κ3) is 5.78. The van der Waals surface area contributed by atoms with E-state index in [4.69, 9.17) is 4.74 Å². The van der Waals surface area contributed by atoms with E-state index in [1.807, 2.05) is 0 Å². The van der Waals surface area contributed by atoms with Crippen LogP contribution in [0.1, 0.15) is 21.5 Å². The number of carbonyl (C=O) groups excluding carboxylic acids is 1. The first-order chi connectivity index (χ1) is 13.8. The predicted octanol–water partition coefficient (Wildman–Crippen LogP) is 0.614. The molecule has 0 amide bonds. The summed E-state index contributed by atoms with van der Waals surface area (Å²) in [5.74, 6) is -1.31. The van der Waals surface area contributed by atoms with Gasteiger partial charge < -0.3 is 19.4 Å². The van der Waals surface area contributed by atoms with Gasteiger partial charge in [0.25, 0.3) is 0 Å². The zero-order chi connectivity index (χ0) is 21.0. The average Bonchev–Trinajstić information content (AvgIpc) is 2.68. The standard InChI is InChI=1S/C21H16F3NO4.Li/c1-28-17-4-2-3-13(10-17)14-5-6-15(19(11-14)29-21(22,23)24)9-16-12-25-8-7-18(16)20(26)27;/h2-8,10-12H,9H2,1H3,(H,26,27);/q;+1/p-1. The number of aromatic carboxylic acids is 1. The molecule has 2 aromatic carbocycles. The first-order valence-electron chi connectivity index (χ1n) is 8.44. The number of halogens is 3. The summed E-state index contributed by atoms with van der Waals surface area (Å²) in [6, 6.07) is 12.4. The second-order valence-corrected chi connectivity index (χ2v) is 6.10. The molecular formula is C21H15F3LiNO4. The van der Waals surface area contributed by atoms with Crippen molar-refractivity contribution in [1.29, 1.82) is 0 Å².